The third kappa shape index (κ3) is 5.73. The zero-order chi connectivity index (χ0) is 30.5. The summed E-state index contributed by atoms with van der Waals surface area (Å²) < 4.78 is 42.6. The highest BCUT2D eigenvalue weighted by Gasteiger charge is 2.37. The minimum atomic E-state index is -2.91. The first kappa shape index (κ1) is 29.5. The summed E-state index contributed by atoms with van der Waals surface area (Å²) in [4.78, 5) is 33.2. The maximum Gasteiger partial charge on any atom is 0.262 e. The number of nitrogens with zero attached hydrogens (tertiary/aromatic N) is 5. The third-order valence-corrected chi connectivity index (χ3v) is 9.94. The van der Waals surface area contributed by atoms with Crippen molar-refractivity contribution in [3.8, 4) is 10.4 Å². The molecule has 6 rings (SSSR count). The van der Waals surface area contributed by atoms with Crippen molar-refractivity contribution in [3.05, 3.63) is 69.6 Å². The molecule has 4 heterocycles. The highest BCUT2D eigenvalue weighted by Crippen LogP contribution is 2.37. The molecule has 1 aromatic carbocycles. The SMILES string of the molecule is CNC1(C)Cc2ccc(-c3scc4c(=O)n(CC5(O)CCN(C(=O)CC(C(F)F)n6ccc(F)n6)CC5)cnc34)cc2C1. The second-order valence-electron chi connectivity index (χ2n) is 12.0. The Morgan fingerprint density at radius 1 is 1.19 bits per heavy atom. The molecule has 43 heavy (non-hydrogen) atoms. The molecule has 2 N–H and O–H groups in total. The van der Waals surface area contributed by atoms with Gasteiger partial charge in [-0.1, -0.05) is 12.1 Å². The number of piperidine rings is 1. The number of aromatic nitrogens is 4. The first-order valence-corrected chi connectivity index (χ1v) is 15.1. The molecular formula is C30H33F3N6O3S. The van der Waals surface area contributed by atoms with Gasteiger partial charge in [0.1, 0.15) is 6.04 Å². The number of aliphatic hydroxyl groups is 1. The number of carbonyl (C=O) groups is 1. The lowest BCUT2D eigenvalue weighted by atomic mass is 9.91. The van der Waals surface area contributed by atoms with Crippen LogP contribution in [0.15, 0.2) is 47.0 Å². The van der Waals surface area contributed by atoms with Crippen molar-refractivity contribution >= 4 is 28.1 Å². The van der Waals surface area contributed by atoms with Crippen molar-refractivity contribution in [1.29, 1.82) is 0 Å². The molecule has 13 heteroatoms. The summed E-state index contributed by atoms with van der Waals surface area (Å²) in [6.45, 7) is 2.48. The molecule has 0 bridgehead atoms. The van der Waals surface area contributed by atoms with Crippen LogP contribution >= 0.6 is 11.3 Å². The van der Waals surface area contributed by atoms with Crippen molar-refractivity contribution in [2.24, 2.45) is 0 Å². The Bertz CT molecular complexity index is 1730. The number of likely N-dealkylation sites (N-methyl/N-ethyl adjacent to an activating group) is 1. The summed E-state index contributed by atoms with van der Waals surface area (Å²) >= 11 is 1.47. The molecule has 0 saturated carbocycles. The molecule has 0 spiro atoms. The molecule has 3 aromatic heterocycles. The van der Waals surface area contributed by atoms with Gasteiger partial charge in [0.15, 0.2) is 0 Å². The number of thiophene rings is 1. The van der Waals surface area contributed by atoms with Crippen LogP contribution in [-0.4, -0.2) is 72.9 Å². The second kappa shape index (κ2) is 11.2. The van der Waals surface area contributed by atoms with Crippen LogP contribution in [0.1, 0.15) is 43.4 Å². The van der Waals surface area contributed by atoms with E-state index < -0.39 is 36.3 Å². The van der Waals surface area contributed by atoms with Gasteiger partial charge in [-0.2, -0.15) is 4.39 Å². The average Bonchev–Trinajstić information content (AvgIpc) is 3.69. The first-order valence-electron chi connectivity index (χ1n) is 14.2. The second-order valence-corrected chi connectivity index (χ2v) is 12.9. The van der Waals surface area contributed by atoms with E-state index in [0.717, 1.165) is 40.2 Å². The molecule has 1 fully saturated rings. The van der Waals surface area contributed by atoms with Crippen molar-refractivity contribution < 1.29 is 23.1 Å². The van der Waals surface area contributed by atoms with Crippen molar-refractivity contribution in [2.45, 2.75) is 69.2 Å². The number of halogens is 3. The van der Waals surface area contributed by atoms with E-state index in [4.69, 9.17) is 0 Å². The fraction of sp³-hybridized carbons (Fsp3) is 0.467. The highest BCUT2D eigenvalue weighted by molar-refractivity contribution is 7.15. The van der Waals surface area contributed by atoms with E-state index in [2.05, 4.69) is 40.5 Å². The minimum Gasteiger partial charge on any atom is -0.388 e. The Kier molecular flexibility index (Phi) is 7.68. The molecule has 1 aliphatic heterocycles. The molecule has 2 atom stereocenters. The predicted octanol–water partition coefficient (Wildman–Crippen LogP) is 3.79. The topological polar surface area (TPSA) is 105 Å². The lowest BCUT2D eigenvalue weighted by molar-refractivity contribution is -0.138. The summed E-state index contributed by atoms with van der Waals surface area (Å²) in [6, 6.07) is 5.78. The van der Waals surface area contributed by atoms with Crippen LogP contribution in [0.2, 0.25) is 0 Å². The summed E-state index contributed by atoms with van der Waals surface area (Å²) in [7, 11) is 1.98. The average molecular weight is 615 g/mol. The van der Waals surface area contributed by atoms with Gasteiger partial charge >= 0.3 is 0 Å². The maximum atomic E-state index is 13.6. The lowest BCUT2D eigenvalue weighted by Gasteiger charge is -2.38. The largest absolute Gasteiger partial charge is 0.388 e. The van der Waals surface area contributed by atoms with Crippen molar-refractivity contribution in [1.82, 2.24) is 29.5 Å². The van der Waals surface area contributed by atoms with Crippen LogP contribution in [0, 0.1) is 5.95 Å². The number of carbonyl (C=O) groups excluding carboxylic acids is 1. The molecule has 2 aliphatic rings. The number of nitrogens with one attached hydrogen (secondary N) is 1. The molecule has 1 aliphatic carbocycles. The van der Waals surface area contributed by atoms with E-state index in [1.54, 1.807) is 5.38 Å². The van der Waals surface area contributed by atoms with Gasteiger partial charge in [0.05, 0.1) is 40.7 Å². The standard InChI is InChI=1S/C30H33F3N6O3S/c1-29(34-2)13-19-4-3-18(11-20(19)14-29)26-25-21(15-43-26)28(41)38(17-35-25)16-30(42)6-9-37(10-7-30)24(40)12-22(27(32)33)39-8-5-23(31)36-39/h3-5,8,11,15,17,22,27,34,42H,6-7,9-10,12-14,16H2,1-2H3. The van der Waals surface area contributed by atoms with E-state index in [0.29, 0.717) is 10.9 Å². The van der Waals surface area contributed by atoms with E-state index >= 15 is 0 Å². The smallest absolute Gasteiger partial charge is 0.262 e. The monoisotopic (exact) mass is 614 g/mol. The minimum absolute atomic E-state index is 0.00431. The molecule has 4 aromatic rings. The van der Waals surface area contributed by atoms with E-state index in [-0.39, 0.29) is 43.6 Å². The van der Waals surface area contributed by atoms with E-state index in [1.807, 2.05) is 7.05 Å². The third-order valence-electron chi connectivity index (χ3n) is 8.92. The number of alkyl halides is 2. The van der Waals surface area contributed by atoms with Gasteiger partial charge in [-0.3, -0.25) is 18.8 Å². The van der Waals surface area contributed by atoms with E-state index in [9.17, 15) is 27.9 Å². The van der Waals surface area contributed by atoms with Crippen molar-refractivity contribution in [3.63, 3.8) is 0 Å². The Morgan fingerprint density at radius 2 is 1.93 bits per heavy atom. The van der Waals surface area contributed by atoms with Crippen LogP contribution in [0.4, 0.5) is 13.2 Å². The molecule has 9 nitrogen and oxygen atoms in total. The zero-order valence-corrected chi connectivity index (χ0v) is 24.7. The Balaban J connectivity index is 1.13. The number of amides is 1. The van der Waals surface area contributed by atoms with Crippen molar-refractivity contribution in [2.75, 3.05) is 20.1 Å². The Hall–Kier alpha value is -3.55. The summed E-state index contributed by atoms with van der Waals surface area (Å²) in [5, 5.41) is 20.4. The lowest BCUT2D eigenvalue weighted by Crippen LogP contribution is -2.50. The highest BCUT2D eigenvalue weighted by atomic mass is 32.1. The quantitative estimate of drug-likeness (QED) is 0.313. The number of rotatable bonds is 8. The van der Waals surface area contributed by atoms with E-state index in [1.165, 1.54) is 38.3 Å². The predicted molar refractivity (Wildman–Crippen MR) is 157 cm³/mol. The number of fused-ring (bicyclic) bond motifs is 2. The summed E-state index contributed by atoms with van der Waals surface area (Å²) in [5.41, 5.74) is 2.75. The summed E-state index contributed by atoms with van der Waals surface area (Å²) in [5.74, 6) is -1.43. The zero-order valence-electron chi connectivity index (χ0n) is 23.9. The fourth-order valence-corrected chi connectivity index (χ4v) is 7.21. The molecule has 1 saturated heterocycles. The molecule has 0 radical (unpaired) electrons. The fourth-order valence-electron chi connectivity index (χ4n) is 6.22. The van der Waals surface area contributed by atoms with Gasteiger partial charge in [0, 0.05) is 36.3 Å². The van der Waals surface area contributed by atoms with Crippen LogP contribution in [0.25, 0.3) is 21.3 Å². The van der Waals surface area contributed by atoms with Crippen LogP contribution < -0.4 is 10.9 Å². The molecule has 2 unspecified atom stereocenters. The molecule has 1 amide bonds. The van der Waals surface area contributed by atoms with Gasteiger partial charge in [0.2, 0.25) is 11.9 Å². The Morgan fingerprint density at radius 3 is 2.60 bits per heavy atom. The van der Waals surface area contributed by atoms with Gasteiger partial charge < -0.3 is 15.3 Å². The normalized spacial score (nSPS) is 20.6. The number of hydrogen-bond donors (Lipinski definition) is 2. The number of hydrogen-bond acceptors (Lipinski definition) is 7. The summed E-state index contributed by atoms with van der Waals surface area (Å²) in [6.07, 6.45) is 1.30. The molecule has 228 valence electrons. The van der Waals surface area contributed by atoms with Crippen LogP contribution in [-0.2, 0) is 24.2 Å². The number of benzene rings is 1. The Labute approximate surface area is 250 Å². The van der Waals surface area contributed by atoms with Crippen LogP contribution in [0.5, 0.6) is 0 Å². The van der Waals surface area contributed by atoms with Crippen LogP contribution in [0.3, 0.4) is 0 Å². The first-order chi connectivity index (χ1) is 20.5. The van der Waals surface area contributed by atoms with Gasteiger partial charge in [-0.05, 0) is 62.4 Å². The number of likely N-dealkylation sites (tertiary alicyclic amines) is 1. The maximum absolute atomic E-state index is 13.6. The molecular weight excluding hydrogens is 581 g/mol. The van der Waals surface area contributed by atoms with Gasteiger partial charge in [-0.15, -0.1) is 16.4 Å². The van der Waals surface area contributed by atoms with Gasteiger partial charge in [-0.25, -0.2) is 13.8 Å². The van der Waals surface area contributed by atoms with Gasteiger partial charge in [0.25, 0.3) is 12.0 Å².